The number of halogens is 2. The SMILES string of the molecule is Cc1c(Nc2ccc(I)cc2F)c(C(=O)O)cn(C)c1=O. The van der Waals surface area contributed by atoms with E-state index in [1.54, 1.807) is 6.07 Å². The maximum atomic E-state index is 13.9. The average Bonchev–Trinajstić information content (AvgIpc) is 2.41. The van der Waals surface area contributed by atoms with Crippen LogP contribution in [-0.2, 0) is 7.05 Å². The lowest BCUT2D eigenvalue weighted by atomic mass is 10.1. The number of pyridine rings is 1. The van der Waals surface area contributed by atoms with Crippen molar-refractivity contribution in [3.05, 3.63) is 55.3 Å². The van der Waals surface area contributed by atoms with Crippen LogP contribution in [0.25, 0.3) is 0 Å². The highest BCUT2D eigenvalue weighted by Gasteiger charge is 2.17. The molecular weight excluding hydrogens is 390 g/mol. The van der Waals surface area contributed by atoms with Gasteiger partial charge in [-0.05, 0) is 47.7 Å². The van der Waals surface area contributed by atoms with E-state index in [2.05, 4.69) is 5.32 Å². The number of carboxylic acid groups (broad SMARTS) is 1. The number of carbonyl (C=O) groups is 1. The van der Waals surface area contributed by atoms with E-state index >= 15 is 0 Å². The first-order valence-corrected chi connectivity index (χ1v) is 7.04. The zero-order valence-corrected chi connectivity index (χ0v) is 13.4. The number of nitrogens with one attached hydrogen (secondary N) is 1. The van der Waals surface area contributed by atoms with Crippen LogP contribution in [0.4, 0.5) is 15.8 Å². The molecule has 0 bridgehead atoms. The first kappa shape index (κ1) is 15.5. The van der Waals surface area contributed by atoms with E-state index in [0.29, 0.717) is 0 Å². The van der Waals surface area contributed by atoms with Crippen LogP contribution >= 0.6 is 22.6 Å². The van der Waals surface area contributed by atoms with E-state index in [1.807, 2.05) is 22.6 Å². The van der Waals surface area contributed by atoms with Crippen LogP contribution in [-0.4, -0.2) is 15.6 Å². The third kappa shape index (κ3) is 3.07. The summed E-state index contributed by atoms with van der Waals surface area (Å²) in [6.07, 6.45) is 1.21. The van der Waals surface area contributed by atoms with E-state index in [9.17, 15) is 19.1 Å². The van der Waals surface area contributed by atoms with Crippen LogP contribution in [0.5, 0.6) is 0 Å². The monoisotopic (exact) mass is 402 g/mol. The molecule has 0 atom stereocenters. The molecule has 7 heteroatoms. The number of aryl methyl sites for hydroxylation is 1. The fourth-order valence-electron chi connectivity index (χ4n) is 1.94. The summed E-state index contributed by atoms with van der Waals surface area (Å²) in [6.45, 7) is 1.50. The van der Waals surface area contributed by atoms with E-state index in [-0.39, 0.29) is 28.1 Å². The molecule has 0 unspecified atom stereocenters. The highest BCUT2D eigenvalue weighted by atomic mass is 127. The van der Waals surface area contributed by atoms with Gasteiger partial charge < -0.3 is 15.0 Å². The largest absolute Gasteiger partial charge is 0.478 e. The van der Waals surface area contributed by atoms with Crippen molar-refractivity contribution in [2.24, 2.45) is 7.05 Å². The first-order valence-electron chi connectivity index (χ1n) is 5.97. The zero-order chi connectivity index (χ0) is 15.7. The lowest BCUT2D eigenvalue weighted by molar-refractivity contribution is 0.0697. The molecule has 110 valence electrons. The van der Waals surface area contributed by atoms with Gasteiger partial charge >= 0.3 is 5.97 Å². The Kier molecular flexibility index (Phi) is 4.31. The van der Waals surface area contributed by atoms with Crippen molar-refractivity contribution in [3.8, 4) is 0 Å². The second kappa shape index (κ2) is 5.84. The molecule has 0 saturated heterocycles. The lowest BCUT2D eigenvalue weighted by Gasteiger charge is -2.14. The molecule has 0 aliphatic carbocycles. The summed E-state index contributed by atoms with van der Waals surface area (Å²) in [5.41, 5.74) is 0.0105. The predicted octanol–water partition coefficient (Wildman–Crippen LogP) is 2.88. The van der Waals surface area contributed by atoms with Crippen molar-refractivity contribution in [2.75, 3.05) is 5.32 Å². The molecule has 2 N–H and O–H groups in total. The van der Waals surface area contributed by atoms with Gasteiger partial charge in [0.2, 0.25) is 0 Å². The topological polar surface area (TPSA) is 71.3 Å². The maximum Gasteiger partial charge on any atom is 0.339 e. The Labute approximate surface area is 133 Å². The minimum atomic E-state index is -1.19. The molecule has 0 spiro atoms. The predicted molar refractivity (Wildman–Crippen MR) is 85.8 cm³/mol. The van der Waals surface area contributed by atoms with Gasteiger partial charge in [-0.3, -0.25) is 4.79 Å². The Morgan fingerprint density at radius 1 is 1.43 bits per heavy atom. The van der Waals surface area contributed by atoms with Gasteiger partial charge in [0, 0.05) is 22.4 Å². The van der Waals surface area contributed by atoms with E-state index < -0.39 is 11.8 Å². The minimum Gasteiger partial charge on any atom is -0.478 e. The number of nitrogens with zero attached hydrogens (tertiary/aromatic N) is 1. The molecular formula is C14H12FIN2O3. The number of aromatic carboxylic acids is 1. The average molecular weight is 402 g/mol. The number of aromatic nitrogens is 1. The second-order valence-corrected chi connectivity index (χ2v) is 5.76. The summed E-state index contributed by atoms with van der Waals surface area (Å²) in [7, 11) is 1.47. The van der Waals surface area contributed by atoms with Crippen LogP contribution in [0.1, 0.15) is 15.9 Å². The van der Waals surface area contributed by atoms with E-state index in [4.69, 9.17) is 0 Å². The van der Waals surface area contributed by atoms with Crippen molar-refractivity contribution < 1.29 is 14.3 Å². The zero-order valence-electron chi connectivity index (χ0n) is 11.3. The number of benzene rings is 1. The van der Waals surface area contributed by atoms with Crippen LogP contribution in [0.3, 0.4) is 0 Å². The van der Waals surface area contributed by atoms with Gasteiger partial charge in [0.05, 0.1) is 16.9 Å². The second-order valence-electron chi connectivity index (χ2n) is 4.51. The molecule has 0 radical (unpaired) electrons. The van der Waals surface area contributed by atoms with Gasteiger partial charge in [-0.1, -0.05) is 0 Å². The van der Waals surface area contributed by atoms with Crippen LogP contribution in [0.15, 0.2) is 29.2 Å². The van der Waals surface area contributed by atoms with Crippen LogP contribution < -0.4 is 10.9 Å². The molecule has 0 saturated carbocycles. The Morgan fingerprint density at radius 2 is 2.10 bits per heavy atom. The molecule has 2 aromatic rings. The first-order chi connectivity index (χ1) is 9.81. The summed E-state index contributed by atoms with van der Waals surface area (Å²) in [5, 5.41) is 12.0. The van der Waals surface area contributed by atoms with Gasteiger partial charge in [0.1, 0.15) is 5.82 Å². The Hall–Kier alpha value is -1.90. The number of carboxylic acids is 1. The molecule has 5 nitrogen and oxygen atoms in total. The molecule has 0 amide bonds. The standard InChI is InChI=1S/C14H12FIN2O3/c1-7-12(9(14(20)21)6-18(2)13(7)19)17-11-4-3-8(16)5-10(11)15/h3-6,17H,1-2H3,(H,20,21). The Morgan fingerprint density at radius 3 is 2.67 bits per heavy atom. The number of anilines is 2. The van der Waals surface area contributed by atoms with Crippen LogP contribution in [0, 0.1) is 16.3 Å². The molecule has 0 aliphatic rings. The maximum absolute atomic E-state index is 13.9. The number of hydrogen-bond acceptors (Lipinski definition) is 3. The van der Waals surface area contributed by atoms with Gasteiger partial charge in [-0.25, -0.2) is 9.18 Å². The van der Waals surface area contributed by atoms with Crippen LogP contribution in [0.2, 0.25) is 0 Å². The molecule has 2 rings (SSSR count). The Bertz CT molecular complexity index is 787. The highest BCUT2D eigenvalue weighted by Crippen LogP contribution is 2.25. The summed E-state index contributed by atoms with van der Waals surface area (Å²) in [5.74, 6) is -1.71. The Balaban J connectivity index is 2.60. The molecule has 21 heavy (non-hydrogen) atoms. The summed E-state index contributed by atoms with van der Waals surface area (Å²) in [4.78, 5) is 23.2. The fraction of sp³-hybridized carbons (Fsp3) is 0.143. The van der Waals surface area contributed by atoms with Crippen molar-refractivity contribution in [3.63, 3.8) is 0 Å². The van der Waals surface area contributed by atoms with E-state index in [1.165, 1.54) is 36.9 Å². The van der Waals surface area contributed by atoms with Crippen molar-refractivity contribution >= 4 is 39.9 Å². The third-order valence-electron chi connectivity index (χ3n) is 3.03. The quantitative estimate of drug-likeness (QED) is 0.775. The van der Waals surface area contributed by atoms with E-state index in [0.717, 1.165) is 3.57 Å². The molecule has 1 aromatic heterocycles. The highest BCUT2D eigenvalue weighted by molar-refractivity contribution is 14.1. The molecule has 0 aliphatic heterocycles. The minimum absolute atomic E-state index is 0.0902. The fourth-order valence-corrected chi connectivity index (χ4v) is 2.39. The van der Waals surface area contributed by atoms with Gasteiger partial charge in [-0.15, -0.1) is 0 Å². The van der Waals surface area contributed by atoms with Gasteiger partial charge in [0.25, 0.3) is 5.56 Å². The molecule has 1 heterocycles. The number of hydrogen-bond donors (Lipinski definition) is 2. The normalized spacial score (nSPS) is 10.5. The molecule has 1 aromatic carbocycles. The lowest BCUT2D eigenvalue weighted by Crippen LogP contribution is -2.23. The smallest absolute Gasteiger partial charge is 0.339 e. The summed E-state index contributed by atoms with van der Waals surface area (Å²) >= 11 is 1.97. The summed E-state index contributed by atoms with van der Waals surface area (Å²) in [6, 6.07) is 4.50. The number of rotatable bonds is 3. The van der Waals surface area contributed by atoms with Gasteiger partial charge in [0.15, 0.2) is 0 Å². The molecule has 0 fully saturated rings. The van der Waals surface area contributed by atoms with Gasteiger partial charge in [-0.2, -0.15) is 0 Å². The van der Waals surface area contributed by atoms with Crippen molar-refractivity contribution in [1.82, 2.24) is 4.57 Å². The summed E-state index contributed by atoms with van der Waals surface area (Å²) < 4.78 is 15.8. The third-order valence-corrected chi connectivity index (χ3v) is 3.70. The van der Waals surface area contributed by atoms with Crippen molar-refractivity contribution in [1.29, 1.82) is 0 Å². The van der Waals surface area contributed by atoms with Crippen molar-refractivity contribution in [2.45, 2.75) is 6.92 Å².